The van der Waals surface area contributed by atoms with Crippen molar-refractivity contribution in [2.45, 2.75) is 26.7 Å². The van der Waals surface area contributed by atoms with Crippen molar-refractivity contribution in [1.82, 2.24) is 4.90 Å². The van der Waals surface area contributed by atoms with Gasteiger partial charge in [0.2, 0.25) is 5.91 Å². The maximum absolute atomic E-state index is 12.2. The van der Waals surface area contributed by atoms with Crippen molar-refractivity contribution in [1.29, 1.82) is 0 Å². The maximum Gasteiger partial charge on any atom is 0.224 e. The topological polar surface area (TPSA) is 44.8 Å². The van der Waals surface area contributed by atoms with Crippen molar-refractivity contribution >= 4 is 17.3 Å². The molecule has 1 aliphatic rings. The van der Waals surface area contributed by atoms with Gasteiger partial charge in [0.1, 0.15) is 5.75 Å². The third-order valence-corrected chi connectivity index (χ3v) is 5.23. The van der Waals surface area contributed by atoms with Crippen LogP contribution < -0.4 is 15.0 Å². The molecule has 3 rings (SSSR count). The van der Waals surface area contributed by atoms with E-state index in [0.29, 0.717) is 19.4 Å². The molecule has 150 valence electrons. The van der Waals surface area contributed by atoms with Gasteiger partial charge in [-0.1, -0.05) is 25.1 Å². The molecule has 1 fully saturated rings. The summed E-state index contributed by atoms with van der Waals surface area (Å²) in [6.45, 7) is 10.3. The fourth-order valence-corrected chi connectivity index (χ4v) is 3.46. The molecule has 0 spiro atoms. The second-order valence-corrected chi connectivity index (χ2v) is 7.23. The quantitative estimate of drug-likeness (QED) is 0.704. The van der Waals surface area contributed by atoms with Gasteiger partial charge in [-0.15, -0.1) is 0 Å². The Hall–Kier alpha value is -2.53. The summed E-state index contributed by atoms with van der Waals surface area (Å²) >= 11 is 0. The van der Waals surface area contributed by atoms with E-state index < -0.39 is 0 Å². The van der Waals surface area contributed by atoms with Gasteiger partial charge in [0.15, 0.2) is 0 Å². The first-order chi connectivity index (χ1) is 13.7. The standard InChI is InChI=1S/C23H31N3O2/c1-3-25-13-15-26(16-14-25)20-11-12-22(19(2)18-20)24-23(27)10-7-17-28-21-8-5-4-6-9-21/h4-6,8-9,11-12,18H,3,7,10,13-17H2,1-2H3,(H,24,27). The van der Waals surface area contributed by atoms with E-state index in [2.05, 4.69) is 41.1 Å². The second kappa shape index (κ2) is 10.1. The first kappa shape index (κ1) is 20.2. The van der Waals surface area contributed by atoms with E-state index in [0.717, 1.165) is 49.7 Å². The minimum atomic E-state index is 0.0315. The summed E-state index contributed by atoms with van der Waals surface area (Å²) in [5.74, 6) is 0.873. The molecule has 0 radical (unpaired) electrons. The Morgan fingerprint density at radius 3 is 2.50 bits per heavy atom. The number of rotatable bonds is 8. The van der Waals surface area contributed by atoms with E-state index in [4.69, 9.17) is 4.74 Å². The second-order valence-electron chi connectivity index (χ2n) is 7.23. The van der Waals surface area contributed by atoms with Crippen LogP contribution in [0.1, 0.15) is 25.3 Å². The zero-order chi connectivity index (χ0) is 19.8. The largest absolute Gasteiger partial charge is 0.494 e. The third-order valence-electron chi connectivity index (χ3n) is 5.23. The summed E-state index contributed by atoms with van der Waals surface area (Å²) in [6, 6.07) is 16.0. The van der Waals surface area contributed by atoms with Gasteiger partial charge in [0, 0.05) is 44.0 Å². The van der Waals surface area contributed by atoms with E-state index in [1.807, 2.05) is 36.4 Å². The average Bonchev–Trinajstić information content (AvgIpc) is 2.73. The van der Waals surface area contributed by atoms with E-state index in [1.54, 1.807) is 0 Å². The average molecular weight is 382 g/mol. The van der Waals surface area contributed by atoms with E-state index in [1.165, 1.54) is 5.69 Å². The molecule has 0 bridgehead atoms. The number of hydrogen-bond donors (Lipinski definition) is 1. The molecule has 0 atom stereocenters. The van der Waals surface area contributed by atoms with Gasteiger partial charge in [0.25, 0.3) is 0 Å². The molecule has 0 saturated carbocycles. The molecule has 0 aliphatic carbocycles. The molecule has 1 heterocycles. The highest BCUT2D eigenvalue weighted by molar-refractivity contribution is 5.91. The first-order valence-corrected chi connectivity index (χ1v) is 10.2. The summed E-state index contributed by atoms with van der Waals surface area (Å²) in [7, 11) is 0. The molecule has 28 heavy (non-hydrogen) atoms. The first-order valence-electron chi connectivity index (χ1n) is 10.2. The van der Waals surface area contributed by atoms with Crippen LogP contribution in [-0.4, -0.2) is 50.1 Å². The van der Waals surface area contributed by atoms with E-state index in [-0.39, 0.29) is 5.91 Å². The Balaban J connectivity index is 1.44. The minimum Gasteiger partial charge on any atom is -0.494 e. The normalized spacial score (nSPS) is 14.7. The molecule has 1 saturated heterocycles. The number of hydrogen-bond acceptors (Lipinski definition) is 4. The lowest BCUT2D eigenvalue weighted by molar-refractivity contribution is -0.116. The van der Waals surface area contributed by atoms with Crippen LogP contribution in [0.5, 0.6) is 5.75 Å². The molecule has 2 aromatic carbocycles. The molecular formula is C23H31N3O2. The fraction of sp³-hybridized carbons (Fsp3) is 0.435. The number of para-hydroxylation sites is 1. The van der Waals surface area contributed by atoms with Gasteiger partial charge in [-0.05, 0) is 55.8 Å². The summed E-state index contributed by atoms with van der Waals surface area (Å²) in [4.78, 5) is 17.1. The Morgan fingerprint density at radius 1 is 1.07 bits per heavy atom. The number of anilines is 2. The van der Waals surface area contributed by atoms with Gasteiger partial charge < -0.3 is 19.9 Å². The molecule has 1 aliphatic heterocycles. The molecular weight excluding hydrogens is 350 g/mol. The highest BCUT2D eigenvalue weighted by Crippen LogP contribution is 2.24. The predicted octanol–water partition coefficient (Wildman–Crippen LogP) is 3.93. The van der Waals surface area contributed by atoms with Crippen molar-refractivity contribution in [3.8, 4) is 5.75 Å². The summed E-state index contributed by atoms with van der Waals surface area (Å²) < 4.78 is 5.64. The number of amides is 1. The smallest absolute Gasteiger partial charge is 0.224 e. The van der Waals surface area contributed by atoms with E-state index in [9.17, 15) is 4.79 Å². The predicted molar refractivity (Wildman–Crippen MR) is 115 cm³/mol. The van der Waals surface area contributed by atoms with Gasteiger partial charge >= 0.3 is 0 Å². The van der Waals surface area contributed by atoms with Crippen LogP contribution in [0.3, 0.4) is 0 Å². The van der Waals surface area contributed by atoms with Crippen LogP contribution in [0.25, 0.3) is 0 Å². The molecule has 0 aromatic heterocycles. The highest BCUT2D eigenvalue weighted by Gasteiger charge is 2.16. The Kier molecular flexibility index (Phi) is 7.31. The van der Waals surface area contributed by atoms with Crippen molar-refractivity contribution in [2.24, 2.45) is 0 Å². The van der Waals surface area contributed by atoms with Gasteiger partial charge in [-0.2, -0.15) is 0 Å². The lowest BCUT2D eigenvalue weighted by atomic mass is 10.1. The molecule has 5 nitrogen and oxygen atoms in total. The number of carbonyl (C=O) groups excluding carboxylic acids is 1. The third kappa shape index (κ3) is 5.73. The SMILES string of the molecule is CCN1CCN(c2ccc(NC(=O)CCCOc3ccccc3)c(C)c2)CC1. The summed E-state index contributed by atoms with van der Waals surface area (Å²) in [5.41, 5.74) is 3.23. The molecule has 1 N–H and O–H groups in total. The fourth-order valence-electron chi connectivity index (χ4n) is 3.46. The van der Waals surface area contributed by atoms with Gasteiger partial charge in [0.05, 0.1) is 6.61 Å². The van der Waals surface area contributed by atoms with Crippen LogP contribution in [0.4, 0.5) is 11.4 Å². The molecule has 0 unspecified atom stereocenters. The Bertz CT molecular complexity index is 756. The van der Waals surface area contributed by atoms with Gasteiger partial charge in [-0.3, -0.25) is 4.79 Å². The number of ether oxygens (including phenoxy) is 1. The van der Waals surface area contributed by atoms with Crippen LogP contribution in [0.15, 0.2) is 48.5 Å². The summed E-state index contributed by atoms with van der Waals surface area (Å²) in [6.07, 6.45) is 1.15. The van der Waals surface area contributed by atoms with Crippen molar-refractivity contribution in [3.63, 3.8) is 0 Å². The number of nitrogens with zero attached hydrogens (tertiary/aromatic N) is 2. The van der Waals surface area contributed by atoms with Crippen LogP contribution in [0.2, 0.25) is 0 Å². The number of likely N-dealkylation sites (N-methyl/N-ethyl adjacent to an activating group) is 1. The van der Waals surface area contributed by atoms with Crippen LogP contribution in [0, 0.1) is 6.92 Å². The van der Waals surface area contributed by atoms with Crippen LogP contribution >= 0.6 is 0 Å². The summed E-state index contributed by atoms with van der Waals surface area (Å²) in [5, 5.41) is 3.03. The molecule has 1 amide bonds. The lowest BCUT2D eigenvalue weighted by Gasteiger charge is -2.35. The Morgan fingerprint density at radius 2 is 1.82 bits per heavy atom. The molecule has 2 aromatic rings. The van der Waals surface area contributed by atoms with Crippen LogP contribution in [-0.2, 0) is 4.79 Å². The maximum atomic E-state index is 12.2. The molecule has 5 heteroatoms. The zero-order valence-electron chi connectivity index (χ0n) is 17.0. The number of piperazine rings is 1. The van der Waals surface area contributed by atoms with E-state index >= 15 is 0 Å². The number of benzene rings is 2. The minimum absolute atomic E-state index is 0.0315. The number of carbonyl (C=O) groups is 1. The van der Waals surface area contributed by atoms with Crippen molar-refractivity contribution < 1.29 is 9.53 Å². The zero-order valence-corrected chi connectivity index (χ0v) is 17.0. The number of aryl methyl sites for hydroxylation is 1. The number of nitrogens with one attached hydrogen (secondary N) is 1. The Labute approximate surface area is 168 Å². The highest BCUT2D eigenvalue weighted by atomic mass is 16.5. The monoisotopic (exact) mass is 381 g/mol. The van der Waals surface area contributed by atoms with Crippen molar-refractivity contribution in [3.05, 3.63) is 54.1 Å². The lowest BCUT2D eigenvalue weighted by Crippen LogP contribution is -2.46. The van der Waals surface area contributed by atoms with Crippen molar-refractivity contribution in [2.75, 3.05) is 49.5 Å². The van der Waals surface area contributed by atoms with Gasteiger partial charge in [-0.25, -0.2) is 0 Å².